The van der Waals surface area contributed by atoms with Crippen LogP contribution in [0.1, 0.15) is 32.8 Å². The summed E-state index contributed by atoms with van der Waals surface area (Å²) in [5, 5.41) is 3.32. The third kappa shape index (κ3) is 5.18. The number of hydrogen-bond donors (Lipinski definition) is 1. The standard InChI is InChI=1S/C16H24FN3/c1-5-7-20(8-6-2)16-14(9-15(17)12-19-16)11-18-10-13(3)4/h1,9,12-13,18H,6-8,10-11H2,2-4H3. The van der Waals surface area contributed by atoms with E-state index >= 15 is 0 Å². The summed E-state index contributed by atoms with van der Waals surface area (Å²) >= 11 is 0. The van der Waals surface area contributed by atoms with Crippen molar-refractivity contribution in [2.75, 3.05) is 24.5 Å². The smallest absolute Gasteiger partial charge is 0.141 e. The molecule has 20 heavy (non-hydrogen) atoms. The number of aromatic nitrogens is 1. The first kappa shape index (κ1) is 16.5. The zero-order chi connectivity index (χ0) is 15.0. The van der Waals surface area contributed by atoms with Gasteiger partial charge in [-0.25, -0.2) is 9.37 Å². The molecule has 1 aromatic rings. The molecule has 0 bridgehead atoms. The molecule has 0 spiro atoms. The van der Waals surface area contributed by atoms with E-state index in [1.807, 2.05) is 4.90 Å². The summed E-state index contributed by atoms with van der Waals surface area (Å²) < 4.78 is 13.4. The minimum Gasteiger partial charge on any atom is -0.345 e. The van der Waals surface area contributed by atoms with E-state index in [1.54, 1.807) is 0 Å². The van der Waals surface area contributed by atoms with Gasteiger partial charge in [0, 0.05) is 18.7 Å². The normalized spacial score (nSPS) is 10.6. The van der Waals surface area contributed by atoms with Gasteiger partial charge in [0.05, 0.1) is 12.7 Å². The summed E-state index contributed by atoms with van der Waals surface area (Å²) in [7, 11) is 0. The summed E-state index contributed by atoms with van der Waals surface area (Å²) in [5.74, 6) is 3.66. The molecule has 1 N–H and O–H groups in total. The van der Waals surface area contributed by atoms with Crippen LogP contribution in [-0.4, -0.2) is 24.6 Å². The lowest BCUT2D eigenvalue weighted by Gasteiger charge is -2.23. The molecule has 0 amide bonds. The van der Waals surface area contributed by atoms with Gasteiger partial charge in [-0.2, -0.15) is 0 Å². The molecule has 110 valence electrons. The van der Waals surface area contributed by atoms with Gasteiger partial charge in [0.2, 0.25) is 0 Å². The summed E-state index contributed by atoms with van der Waals surface area (Å²) in [5.41, 5.74) is 0.856. The Morgan fingerprint density at radius 1 is 1.50 bits per heavy atom. The summed E-state index contributed by atoms with van der Waals surface area (Å²) in [4.78, 5) is 6.25. The molecule has 0 fully saturated rings. The van der Waals surface area contributed by atoms with Crippen LogP contribution in [0.5, 0.6) is 0 Å². The molecule has 0 radical (unpaired) electrons. The summed E-state index contributed by atoms with van der Waals surface area (Å²) in [6, 6.07) is 1.54. The Bertz CT molecular complexity index is 452. The third-order valence-electron chi connectivity index (χ3n) is 2.85. The highest BCUT2D eigenvalue weighted by Gasteiger charge is 2.12. The van der Waals surface area contributed by atoms with Crippen LogP contribution >= 0.6 is 0 Å². The minimum absolute atomic E-state index is 0.313. The Labute approximate surface area is 121 Å². The topological polar surface area (TPSA) is 28.2 Å². The molecule has 0 aliphatic carbocycles. The molecule has 1 aromatic heterocycles. The minimum atomic E-state index is -0.313. The van der Waals surface area contributed by atoms with Gasteiger partial charge in [-0.05, 0) is 24.9 Å². The van der Waals surface area contributed by atoms with Crippen molar-refractivity contribution in [3.05, 3.63) is 23.6 Å². The molecule has 0 unspecified atom stereocenters. The van der Waals surface area contributed by atoms with Gasteiger partial charge < -0.3 is 10.2 Å². The largest absolute Gasteiger partial charge is 0.345 e. The van der Waals surface area contributed by atoms with Crippen molar-refractivity contribution in [3.63, 3.8) is 0 Å². The number of rotatable bonds is 8. The molecular weight excluding hydrogens is 253 g/mol. The van der Waals surface area contributed by atoms with Crippen molar-refractivity contribution >= 4 is 5.82 Å². The van der Waals surface area contributed by atoms with Gasteiger partial charge >= 0.3 is 0 Å². The van der Waals surface area contributed by atoms with Gasteiger partial charge in [0.25, 0.3) is 0 Å². The van der Waals surface area contributed by atoms with Crippen LogP contribution in [0.3, 0.4) is 0 Å². The van der Waals surface area contributed by atoms with Gasteiger partial charge in [-0.3, -0.25) is 0 Å². The van der Waals surface area contributed by atoms with Gasteiger partial charge in [-0.1, -0.05) is 26.7 Å². The maximum Gasteiger partial charge on any atom is 0.141 e. The molecule has 4 heteroatoms. The van der Waals surface area contributed by atoms with Crippen LogP contribution in [0.2, 0.25) is 0 Å². The van der Waals surface area contributed by atoms with E-state index < -0.39 is 0 Å². The average molecular weight is 277 g/mol. The van der Waals surface area contributed by atoms with Crippen molar-refractivity contribution in [1.29, 1.82) is 0 Å². The number of hydrogen-bond acceptors (Lipinski definition) is 3. The number of terminal acetylenes is 1. The zero-order valence-electron chi connectivity index (χ0n) is 12.6. The number of anilines is 1. The Morgan fingerprint density at radius 3 is 2.85 bits per heavy atom. The zero-order valence-corrected chi connectivity index (χ0v) is 12.6. The van der Waals surface area contributed by atoms with E-state index in [9.17, 15) is 4.39 Å². The predicted molar refractivity (Wildman–Crippen MR) is 82.1 cm³/mol. The van der Waals surface area contributed by atoms with E-state index in [2.05, 4.69) is 37.0 Å². The number of nitrogens with zero attached hydrogens (tertiary/aromatic N) is 2. The first-order valence-electron chi connectivity index (χ1n) is 7.12. The van der Waals surface area contributed by atoms with Crippen LogP contribution in [0.4, 0.5) is 10.2 Å². The van der Waals surface area contributed by atoms with Gasteiger partial charge in [0.1, 0.15) is 11.6 Å². The fourth-order valence-electron chi connectivity index (χ4n) is 2.02. The Balaban J connectivity index is 2.90. The van der Waals surface area contributed by atoms with E-state index in [1.165, 1.54) is 12.3 Å². The second-order valence-corrected chi connectivity index (χ2v) is 5.29. The first-order valence-corrected chi connectivity index (χ1v) is 7.12. The monoisotopic (exact) mass is 277 g/mol. The predicted octanol–water partition coefficient (Wildman–Crippen LogP) is 2.82. The van der Waals surface area contributed by atoms with E-state index in [0.29, 0.717) is 19.0 Å². The maximum absolute atomic E-state index is 13.4. The van der Waals surface area contributed by atoms with Crippen LogP contribution < -0.4 is 10.2 Å². The molecule has 0 aliphatic rings. The van der Waals surface area contributed by atoms with Gasteiger partial charge in [0.15, 0.2) is 0 Å². The van der Waals surface area contributed by atoms with Crippen molar-refractivity contribution in [2.24, 2.45) is 5.92 Å². The summed E-state index contributed by atoms with van der Waals surface area (Å²) in [6.45, 7) is 9.16. The van der Waals surface area contributed by atoms with Crippen molar-refractivity contribution in [2.45, 2.75) is 33.7 Å². The highest BCUT2D eigenvalue weighted by Crippen LogP contribution is 2.18. The molecule has 1 heterocycles. The SMILES string of the molecule is C#CCN(CCC)c1ncc(F)cc1CNCC(C)C. The van der Waals surface area contributed by atoms with Crippen molar-refractivity contribution in [1.82, 2.24) is 10.3 Å². The fraction of sp³-hybridized carbons (Fsp3) is 0.562. The van der Waals surface area contributed by atoms with E-state index in [-0.39, 0.29) is 5.82 Å². The fourth-order valence-corrected chi connectivity index (χ4v) is 2.02. The van der Waals surface area contributed by atoms with Crippen LogP contribution in [0, 0.1) is 24.1 Å². The molecule has 0 aromatic carbocycles. The molecule has 1 rings (SSSR count). The second-order valence-electron chi connectivity index (χ2n) is 5.29. The summed E-state index contributed by atoms with van der Waals surface area (Å²) in [6.07, 6.45) is 7.63. The highest BCUT2D eigenvalue weighted by molar-refractivity contribution is 5.48. The lowest BCUT2D eigenvalue weighted by atomic mass is 10.2. The highest BCUT2D eigenvalue weighted by atomic mass is 19.1. The molecule has 0 saturated heterocycles. The van der Waals surface area contributed by atoms with Gasteiger partial charge in [-0.15, -0.1) is 6.42 Å². The molecule has 0 atom stereocenters. The van der Waals surface area contributed by atoms with Crippen molar-refractivity contribution < 1.29 is 4.39 Å². The lowest BCUT2D eigenvalue weighted by molar-refractivity contribution is 0.548. The Morgan fingerprint density at radius 2 is 2.25 bits per heavy atom. The van der Waals surface area contributed by atoms with Crippen molar-refractivity contribution in [3.8, 4) is 12.3 Å². The number of halogens is 1. The van der Waals surface area contributed by atoms with E-state index in [0.717, 1.165) is 30.9 Å². The third-order valence-corrected chi connectivity index (χ3v) is 2.85. The van der Waals surface area contributed by atoms with Crippen LogP contribution in [0.15, 0.2) is 12.3 Å². The molecular formula is C16H24FN3. The van der Waals surface area contributed by atoms with Crippen LogP contribution in [0.25, 0.3) is 0 Å². The molecule has 3 nitrogen and oxygen atoms in total. The lowest BCUT2D eigenvalue weighted by Crippen LogP contribution is -2.28. The van der Waals surface area contributed by atoms with E-state index in [4.69, 9.17) is 6.42 Å². The molecule has 0 aliphatic heterocycles. The first-order chi connectivity index (χ1) is 9.58. The Kier molecular flexibility index (Phi) is 7.03. The quantitative estimate of drug-likeness (QED) is 0.741. The second kappa shape index (κ2) is 8.55. The number of nitrogens with one attached hydrogen (secondary N) is 1. The number of pyridine rings is 1. The van der Waals surface area contributed by atoms with Crippen LogP contribution in [-0.2, 0) is 6.54 Å². The average Bonchev–Trinajstić information content (AvgIpc) is 2.38. The Hall–Kier alpha value is -1.60. The maximum atomic E-state index is 13.4. The molecule has 0 saturated carbocycles.